The predicted molar refractivity (Wildman–Crippen MR) is 47.7 cm³/mol. The number of nitrogens with zero attached hydrogens (tertiary/aromatic N) is 1. The molecule has 0 aromatic carbocycles. The van der Waals surface area contributed by atoms with Crippen molar-refractivity contribution < 1.29 is 15.0 Å². The van der Waals surface area contributed by atoms with Gasteiger partial charge in [-0.15, -0.1) is 0 Å². The molecule has 1 aliphatic rings. The third kappa shape index (κ3) is 0.874. The average molecular weight is 196 g/mol. The molecule has 3 N–H and O–H groups in total. The molecule has 1 aromatic heterocycles. The Bertz CT molecular complexity index is 399. The van der Waals surface area contributed by atoms with Gasteiger partial charge in [-0.2, -0.15) is 5.10 Å². The van der Waals surface area contributed by atoms with Gasteiger partial charge in [-0.05, 0) is 13.3 Å². The predicted octanol–water partition coefficient (Wildman–Crippen LogP) is 0.183. The lowest BCUT2D eigenvalue weighted by Crippen LogP contribution is -2.39. The molecule has 0 saturated heterocycles. The molecule has 0 radical (unpaired) electrons. The van der Waals surface area contributed by atoms with Crippen LogP contribution in [0.2, 0.25) is 0 Å². The fourth-order valence-corrected chi connectivity index (χ4v) is 2.13. The molecule has 1 aliphatic carbocycles. The molecule has 0 fully saturated rings. The van der Waals surface area contributed by atoms with Gasteiger partial charge >= 0.3 is 5.97 Å². The summed E-state index contributed by atoms with van der Waals surface area (Å²) in [6.45, 7) is 3.44. The summed E-state index contributed by atoms with van der Waals surface area (Å²) in [5.74, 6) is -1.53. The maximum Gasteiger partial charge on any atom is 0.340 e. The van der Waals surface area contributed by atoms with Crippen LogP contribution < -0.4 is 0 Å². The number of rotatable bonds is 1. The minimum atomic E-state index is -1.77. The number of carboxylic acid groups (broad SMARTS) is 1. The van der Waals surface area contributed by atoms with E-state index in [1.807, 2.05) is 0 Å². The van der Waals surface area contributed by atoms with E-state index in [0.29, 0.717) is 23.4 Å². The number of carboxylic acids is 1. The first-order chi connectivity index (χ1) is 6.48. The number of hydrogen-bond donors (Lipinski definition) is 3. The topological polar surface area (TPSA) is 86.2 Å². The molecule has 1 heterocycles. The molecule has 76 valence electrons. The van der Waals surface area contributed by atoms with E-state index in [9.17, 15) is 9.90 Å². The van der Waals surface area contributed by atoms with Crippen LogP contribution in [0.4, 0.5) is 0 Å². The summed E-state index contributed by atoms with van der Waals surface area (Å²) < 4.78 is 0. The number of hydrogen-bond acceptors (Lipinski definition) is 3. The second kappa shape index (κ2) is 2.57. The minimum Gasteiger partial charge on any atom is -0.479 e. The maximum absolute atomic E-state index is 11.1. The Morgan fingerprint density at radius 1 is 1.71 bits per heavy atom. The van der Waals surface area contributed by atoms with Gasteiger partial charge in [0.15, 0.2) is 5.60 Å². The lowest BCUT2D eigenvalue weighted by atomic mass is 9.88. The first-order valence-electron chi connectivity index (χ1n) is 4.48. The molecular weight excluding hydrogens is 184 g/mol. The van der Waals surface area contributed by atoms with Gasteiger partial charge in [-0.1, -0.05) is 6.92 Å². The highest BCUT2D eigenvalue weighted by Gasteiger charge is 2.52. The first-order valence-corrected chi connectivity index (χ1v) is 4.48. The molecule has 2 unspecified atom stereocenters. The van der Waals surface area contributed by atoms with Crippen LogP contribution in [0.3, 0.4) is 0 Å². The SMILES string of the molecule is Cc1[nH]nc2c1C(O)(C(=O)O)C(C)C2. The molecule has 2 atom stereocenters. The largest absolute Gasteiger partial charge is 0.479 e. The van der Waals surface area contributed by atoms with E-state index in [2.05, 4.69) is 10.2 Å². The number of aliphatic carboxylic acids is 1. The lowest BCUT2D eigenvalue weighted by molar-refractivity contribution is -0.164. The molecule has 0 amide bonds. The highest BCUT2D eigenvalue weighted by molar-refractivity contribution is 5.81. The number of nitrogens with one attached hydrogen (secondary N) is 1. The van der Waals surface area contributed by atoms with Gasteiger partial charge in [0.1, 0.15) is 0 Å². The standard InChI is InChI=1S/C9H12N2O3/c1-4-3-6-7(5(2)10-11-6)9(4,14)8(12)13/h4,14H,3H2,1-2H3,(H,10,11)(H,12,13). The third-order valence-electron chi connectivity index (χ3n) is 2.94. The van der Waals surface area contributed by atoms with Crippen LogP contribution in [0, 0.1) is 12.8 Å². The zero-order valence-electron chi connectivity index (χ0n) is 8.03. The Labute approximate surface area is 80.8 Å². The zero-order chi connectivity index (χ0) is 10.5. The van der Waals surface area contributed by atoms with E-state index in [1.54, 1.807) is 13.8 Å². The van der Waals surface area contributed by atoms with Crippen molar-refractivity contribution in [3.63, 3.8) is 0 Å². The molecule has 0 bridgehead atoms. The van der Waals surface area contributed by atoms with Gasteiger partial charge in [-0.3, -0.25) is 5.10 Å². The molecule has 0 saturated carbocycles. The minimum absolute atomic E-state index is 0.328. The molecule has 1 aromatic rings. The number of carbonyl (C=O) groups is 1. The molecule has 2 rings (SSSR count). The Morgan fingerprint density at radius 3 is 2.93 bits per heavy atom. The molecule has 5 nitrogen and oxygen atoms in total. The first kappa shape index (κ1) is 9.21. The van der Waals surface area contributed by atoms with Crippen molar-refractivity contribution in [1.82, 2.24) is 10.2 Å². The van der Waals surface area contributed by atoms with Crippen molar-refractivity contribution >= 4 is 5.97 Å². The van der Waals surface area contributed by atoms with Gasteiger partial charge in [0.25, 0.3) is 0 Å². The van der Waals surface area contributed by atoms with E-state index >= 15 is 0 Å². The Morgan fingerprint density at radius 2 is 2.36 bits per heavy atom. The van der Waals surface area contributed by atoms with Gasteiger partial charge < -0.3 is 10.2 Å². The van der Waals surface area contributed by atoms with Crippen molar-refractivity contribution in [2.75, 3.05) is 0 Å². The summed E-state index contributed by atoms with van der Waals surface area (Å²) in [6.07, 6.45) is 0.502. The Kier molecular flexibility index (Phi) is 1.69. The normalized spacial score (nSPS) is 30.4. The number of aromatic amines is 1. The summed E-state index contributed by atoms with van der Waals surface area (Å²) in [7, 11) is 0. The van der Waals surface area contributed by atoms with Crippen molar-refractivity contribution in [3.8, 4) is 0 Å². The van der Waals surface area contributed by atoms with Crippen LogP contribution in [-0.2, 0) is 16.8 Å². The highest BCUT2D eigenvalue weighted by atomic mass is 16.4. The molecule has 0 spiro atoms. The average Bonchev–Trinajstić information content (AvgIpc) is 2.56. The summed E-state index contributed by atoms with van der Waals surface area (Å²) in [6, 6.07) is 0. The van der Waals surface area contributed by atoms with Crippen molar-refractivity contribution in [2.24, 2.45) is 5.92 Å². The van der Waals surface area contributed by atoms with Gasteiger partial charge in [0.2, 0.25) is 0 Å². The monoisotopic (exact) mass is 196 g/mol. The molecule has 14 heavy (non-hydrogen) atoms. The summed E-state index contributed by atoms with van der Waals surface area (Å²) in [5.41, 5.74) is -0.0291. The van der Waals surface area contributed by atoms with E-state index in [4.69, 9.17) is 5.11 Å². The van der Waals surface area contributed by atoms with Crippen LogP contribution in [-0.4, -0.2) is 26.4 Å². The number of fused-ring (bicyclic) bond motifs is 1. The number of aryl methyl sites for hydroxylation is 1. The van der Waals surface area contributed by atoms with Crippen molar-refractivity contribution in [2.45, 2.75) is 25.9 Å². The second-order valence-corrected chi connectivity index (χ2v) is 3.85. The Hall–Kier alpha value is -1.36. The van der Waals surface area contributed by atoms with Crippen LogP contribution in [0.25, 0.3) is 0 Å². The number of aliphatic hydroxyl groups is 1. The van der Waals surface area contributed by atoms with Gasteiger partial charge in [-0.25, -0.2) is 4.79 Å². The van der Waals surface area contributed by atoms with Gasteiger partial charge in [0.05, 0.1) is 5.69 Å². The van der Waals surface area contributed by atoms with Gasteiger partial charge in [0, 0.05) is 17.2 Å². The summed E-state index contributed by atoms with van der Waals surface area (Å²) in [5, 5.41) is 25.8. The fraction of sp³-hybridized carbons (Fsp3) is 0.556. The van der Waals surface area contributed by atoms with E-state index in [1.165, 1.54) is 0 Å². The van der Waals surface area contributed by atoms with E-state index < -0.39 is 11.6 Å². The number of H-pyrrole nitrogens is 1. The lowest BCUT2D eigenvalue weighted by Gasteiger charge is -2.23. The molecule has 0 aliphatic heterocycles. The van der Waals surface area contributed by atoms with Crippen LogP contribution in [0.5, 0.6) is 0 Å². The van der Waals surface area contributed by atoms with E-state index in [-0.39, 0.29) is 5.92 Å². The third-order valence-corrected chi connectivity index (χ3v) is 2.94. The van der Waals surface area contributed by atoms with Crippen LogP contribution in [0.1, 0.15) is 23.9 Å². The number of aromatic nitrogens is 2. The fourth-order valence-electron chi connectivity index (χ4n) is 2.13. The maximum atomic E-state index is 11.1. The van der Waals surface area contributed by atoms with Crippen LogP contribution in [0.15, 0.2) is 0 Å². The van der Waals surface area contributed by atoms with Crippen LogP contribution >= 0.6 is 0 Å². The smallest absolute Gasteiger partial charge is 0.340 e. The summed E-state index contributed by atoms with van der Waals surface area (Å²) >= 11 is 0. The summed E-state index contributed by atoms with van der Waals surface area (Å²) in [4.78, 5) is 11.1. The van der Waals surface area contributed by atoms with Crippen molar-refractivity contribution in [3.05, 3.63) is 17.0 Å². The molecule has 5 heteroatoms. The zero-order valence-corrected chi connectivity index (χ0v) is 8.03. The van der Waals surface area contributed by atoms with E-state index in [0.717, 1.165) is 0 Å². The second-order valence-electron chi connectivity index (χ2n) is 3.85. The molecular formula is C9H12N2O3. The quantitative estimate of drug-likeness (QED) is 0.598. The highest BCUT2D eigenvalue weighted by Crippen LogP contribution is 2.42. The van der Waals surface area contributed by atoms with Crippen molar-refractivity contribution in [1.29, 1.82) is 0 Å². The Balaban J connectivity index is 2.63.